The summed E-state index contributed by atoms with van der Waals surface area (Å²) in [6, 6.07) is 0. The molecule has 0 radical (unpaired) electrons. The molecule has 0 fully saturated rings. The van der Waals surface area contributed by atoms with Crippen LogP contribution in [0, 0.1) is 0 Å². The normalized spacial score (nSPS) is 11.9. The second-order valence-corrected chi connectivity index (χ2v) is 14.3. The van der Waals surface area contributed by atoms with Crippen molar-refractivity contribution in [3.05, 3.63) is 0 Å². The van der Waals surface area contributed by atoms with Gasteiger partial charge < -0.3 is 56.8 Å². The molecule has 0 amide bonds. The Morgan fingerprint density at radius 1 is 0.309 bits per heavy atom. The fraction of sp³-hybridized carbons (Fsp3) is 0.976. The Labute approximate surface area is 335 Å². The lowest BCUT2D eigenvalue weighted by molar-refractivity contribution is -0.156. The molecule has 13 heteroatoms. The van der Waals surface area contributed by atoms with E-state index < -0.39 is 5.60 Å². The third kappa shape index (κ3) is 51.0. The minimum atomic E-state index is -0.473. The van der Waals surface area contributed by atoms with Crippen molar-refractivity contribution in [2.75, 3.05) is 145 Å². The van der Waals surface area contributed by atoms with E-state index in [0.717, 1.165) is 13.0 Å². The van der Waals surface area contributed by atoms with E-state index >= 15 is 0 Å². The Hall–Kier alpha value is -0.970. The minimum absolute atomic E-state index is 0.234. The van der Waals surface area contributed by atoms with Crippen molar-refractivity contribution in [1.82, 2.24) is 0 Å². The maximum Gasteiger partial charge on any atom is 0.308 e. The van der Waals surface area contributed by atoms with Gasteiger partial charge in [0.1, 0.15) is 5.60 Å². The second-order valence-electron chi connectivity index (χ2n) is 14.3. The van der Waals surface area contributed by atoms with Crippen LogP contribution in [0.4, 0.5) is 0 Å². The predicted octanol–water partition coefficient (Wildman–Crippen LogP) is 6.99. The van der Waals surface area contributed by atoms with Crippen LogP contribution in [0.2, 0.25) is 0 Å². The van der Waals surface area contributed by atoms with Crippen LogP contribution < -0.4 is 0 Å². The van der Waals surface area contributed by atoms with Crippen LogP contribution in [0.15, 0.2) is 0 Å². The van der Waals surface area contributed by atoms with Gasteiger partial charge in [0.15, 0.2) is 0 Å². The first kappa shape index (κ1) is 54.0. The molecule has 0 aliphatic carbocycles. The van der Waals surface area contributed by atoms with Crippen LogP contribution in [0.3, 0.4) is 0 Å². The number of ether oxygens (including phenoxy) is 12. The molecule has 0 atom stereocenters. The fourth-order valence-electron chi connectivity index (χ4n) is 5.07. The first-order valence-corrected chi connectivity index (χ1v) is 21.5. The van der Waals surface area contributed by atoms with Gasteiger partial charge in [-0.3, -0.25) is 4.79 Å². The molecule has 0 aromatic rings. The number of hydrogen-bond acceptors (Lipinski definition) is 13. The highest BCUT2D eigenvalue weighted by Crippen LogP contribution is 2.12. The largest absolute Gasteiger partial charge is 0.460 e. The molecule has 0 N–H and O–H groups in total. The van der Waals surface area contributed by atoms with Crippen LogP contribution in [0.25, 0.3) is 0 Å². The Balaban J connectivity index is 3.09. The van der Waals surface area contributed by atoms with E-state index in [1.807, 2.05) is 20.8 Å². The summed E-state index contributed by atoms with van der Waals surface area (Å²) in [5, 5.41) is 0. The third-order valence-corrected chi connectivity index (χ3v) is 7.98. The van der Waals surface area contributed by atoms with Crippen molar-refractivity contribution < 1.29 is 61.6 Å². The van der Waals surface area contributed by atoms with Crippen LogP contribution >= 0.6 is 0 Å². The van der Waals surface area contributed by atoms with Gasteiger partial charge >= 0.3 is 5.97 Å². The summed E-state index contributed by atoms with van der Waals surface area (Å²) in [6.07, 6.45) is 18.0. The van der Waals surface area contributed by atoms with Gasteiger partial charge in [-0.1, -0.05) is 84.0 Å². The van der Waals surface area contributed by atoms with Gasteiger partial charge in [0.25, 0.3) is 0 Å². The zero-order chi connectivity index (χ0) is 40.0. The van der Waals surface area contributed by atoms with Crippen LogP contribution in [0.5, 0.6) is 0 Å². The standard InChI is InChI=1S/C42H84O13/c1-5-6-7-8-9-10-11-12-13-14-15-16-17-19-44-21-23-46-25-27-48-29-31-50-33-35-52-37-39-54-40-38-53-36-34-51-32-30-49-28-26-47-24-22-45-20-18-41(43)55-42(2,3)4/h5-40H2,1-4H3. The van der Waals surface area contributed by atoms with Crippen LogP contribution in [-0.2, 0) is 61.6 Å². The summed E-state index contributed by atoms with van der Waals surface area (Å²) >= 11 is 0. The Morgan fingerprint density at radius 3 is 0.782 bits per heavy atom. The average molecular weight is 797 g/mol. The van der Waals surface area contributed by atoms with E-state index in [-0.39, 0.29) is 12.4 Å². The van der Waals surface area contributed by atoms with Crippen molar-refractivity contribution in [2.45, 2.75) is 123 Å². The third-order valence-electron chi connectivity index (χ3n) is 7.98. The molecule has 0 aliphatic heterocycles. The molecular weight excluding hydrogens is 712 g/mol. The number of rotatable bonds is 47. The molecule has 13 nitrogen and oxygen atoms in total. The highest BCUT2D eigenvalue weighted by molar-refractivity contribution is 5.69. The highest BCUT2D eigenvalue weighted by Gasteiger charge is 2.15. The molecule has 0 rings (SSSR count). The van der Waals surface area contributed by atoms with Gasteiger partial charge in [0.05, 0.1) is 145 Å². The molecular formula is C42H84O13. The van der Waals surface area contributed by atoms with Crippen molar-refractivity contribution in [3.8, 4) is 0 Å². The topological polar surface area (TPSA) is 128 Å². The second kappa shape index (κ2) is 45.7. The molecule has 0 aliphatic rings. The van der Waals surface area contributed by atoms with E-state index in [1.54, 1.807) is 0 Å². The summed E-state index contributed by atoms with van der Waals surface area (Å²) in [4.78, 5) is 11.6. The number of hydrogen-bond donors (Lipinski definition) is 0. The summed E-state index contributed by atoms with van der Waals surface area (Å²) in [7, 11) is 0. The van der Waals surface area contributed by atoms with Gasteiger partial charge in [-0.2, -0.15) is 0 Å². The molecule has 0 aromatic carbocycles. The van der Waals surface area contributed by atoms with E-state index in [9.17, 15) is 4.79 Å². The van der Waals surface area contributed by atoms with Crippen molar-refractivity contribution in [2.24, 2.45) is 0 Å². The Kier molecular flexibility index (Phi) is 44.9. The zero-order valence-electron chi connectivity index (χ0n) is 35.8. The molecule has 0 unspecified atom stereocenters. The number of unbranched alkanes of at least 4 members (excludes halogenated alkanes) is 12. The molecule has 330 valence electrons. The fourth-order valence-corrected chi connectivity index (χ4v) is 5.07. The van der Waals surface area contributed by atoms with E-state index in [4.69, 9.17) is 56.8 Å². The van der Waals surface area contributed by atoms with Gasteiger partial charge in [-0.05, 0) is 27.2 Å². The maximum absolute atomic E-state index is 11.6. The Bertz CT molecular complexity index is 739. The molecule has 0 saturated carbocycles. The SMILES string of the molecule is CCCCCCCCCCCCCCCOCCOCCOCCOCCOCCOCCOCCOCCOCCOCCOCCC(=O)OC(C)(C)C. The molecule has 0 spiro atoms. The molecule has 0 heterocycles. The van der Waals surface area contributed by atoms with Crippen LogP contribution in [0.1, 0.15) is 118 Å². The first-order chi connectivity index (χ1) is 27.0. The van der Waals surface area contributed by atoms with Gasteiger partial charge in [0.2, 0.25) is 0 Å². The van der Waals surface area contributed by atoms with Gasteiger partial charge in [-0.25, -0.2) is 0 Å². The average Bonchev–Trinajstić information content (AvgIpc) is 3.15. The number of carbonyl (C=O) groups excluding carboxylic acids is 1. The summed E-state index contributed by atoms with van der Waals surface area (Å²) in [6.45, 7) is 19.3. The van der Waals surface area contributed by atoms with Crippen molar-refractivity contribution in [1.29, 1.82) is 0 Å². The minimum Gasteiger partial charge on any atom is -0.460 e. The van der Waals surface area contributed by atoms with E-state index in [1.165, 1.54) is 77.0 Å². The van der Waals surface area contributed by atoms with Crippen LogP contribution in [-0.4, -0.2) is 157 Å². The maximum atomic E-state index is 11.6. The first-order valence-electron chi connectivity index (χ1n) is 21.5. The van der Waals surface area contributed by atoms with E-state index in [2.05, 4.69) is 6.92 Å². The summed E-state index contributed by atoms with van der Waals surface area (Å²) in [5.41, 5.74) is -0.473. The quantitative estimate of drug-likeness (QED) is 0.0464. The predicted molar refractivity (Wildman–Crippen MR) is 215 cm³/mol. The summed E-state index contributed by atoms with van der Waals surface area (Å²) in [5.74, 6) is -0.262. The molecule has 0 aromatic heterocycles. The monoisotopic (exact) mass is 797 g/mol. The summed E-state index contributed by atoms with van der Waals surface area (Å²) < 4.78 is 65.8. The Morgan fingerprint density at radius 2 is 0.527 bits per heavy atom. The van der Waals surface area contributed by atoms with Gasteiger partial charge in [-0.15, -0.1) is 0 Å². The molecule has 0 saturated heterocycles. The van der Waals surface area contributed by atoms with E-state index in [0.29, 0.717) is 139 Å². The lowest BCUT2D eigenvalue weighted by atomic mass is 10.0. The van der Waals surface area contributed by atoms with Crippen molar-refractivity contribution in [3.63, 3.8) is 0 Å². The number of carbonyl (C=O) groups is 1. The lowest BCUT2D eigenvalue weighted by Gasteiger charge is -2.19. The van der Waals surface area contributed by atoms with Gasteiger partial charge in [0, 0.05) is 6.61 Å². The molecule has 0 bridgehead atoms. The highest BCUT2D eigenvalue weighted by atomic mass is 16.6. The smallest absolute Gasteiger partial charge is 0.308 e. The lowest BCUT2D eigenvalue weighted by Crippen LogP contribution is -2.24. The van der Waals surface area contributed by atoms with Crippen molar-refractivity contribution >= 4 is 5.97 Å². The zero-order valence-corrected chi connectivity index (χ0v) is 35.8. The number of esters is 1. The molecule has 55 heavy (non-hydrogen) atoms.